The van der Waals surface area contributed by atoms with Crippen molar-refractivity contribution < 1.29 is 5.11 Å². The highest BCUT2D eigenvalue weighted by atomic mass is 16.3. The number of H-pyrrole nitrogens is 1. The minimum Gasteiger partial charge on any atom is -0.392 e. The fraction of sp³-hybridized carbons (Fsp3) is 0.462. The average molecular weight is 233 g/mol. The molecule has 0 fully saturated rings. The molecule has 1 aromatic carbocycles. The van der Waals surface area contributed by atoms with E-state index in [4.69, 9.17) is 0 Å². The van der Waals surface area contributed by atoms with Gasteiger partial charge in [0.2, 0.25) is 0 Å². The fourth-order valence-electron chi connectivity index (χ4n) is 2.20. The molecule has 0 bridgehead atoms. The van der Waals surface area contributed by atoms with Gasteiger partial charge in [0.25, 0.3) is 0 Å². The zero-order valence-corrected chi connectivity index (χ0v) is 10.5. The Hall–Kier alpha value is -1.39. The predicted octanol–water partition coefficient (Wildman–Crippen LogP) is 1.42. The van der Waals surface area contributed by atoms with Gasteiger partial charge in [-0.15, -0.1) is 0 Å². The van der Waals surface area contributed by atoms with Crippen molar-refractivity contribution in [2.45, 2.75) is 25.5 Å². The number of para-hydroxylation sites is 1. The lowest BCUT2D eigenvalue weighted by Crippen LogP contribution is -2.39. The molecule has 2 atom stereocenters. The number of hydrogen-bond donors (Lipinski definition) is 2. The number of likely N-dealkylation sites (N-methyl/N-ethyl adjacent to an activating group) is 1. The molecule has 0 aliphatic rings. The van der Waals surface area contributed by atoms with Crippen molar-refractivity contribution in [2.75, 3.05) is 14.1 Å². The summed E-state index contributed by atoms with van der Waals surface area (Å²) in [6, 6.07) is 6.21. The topological polar surface area (TPSA) is 52.1 Å². The van der Waals surface area contributed by atoms with E-state index in [9.17, 15) is 5.11 Å². The molecule has 0 aliphatic heterocycles. The summed E-state index contributed by atoms with van der Waals surface area (Å²) in [6.45, 7) is 1.83. The van der Waals surface area contributed by atoms with Gasteiger partial charge in [-0.05, 0) is 39.1 Å². The molecule has 0 aliphatic carbocycles. The van der Waals surface area contributed by atoms with Crippen LogP contribution in [0, 0.1) is 0 Å². The number of benzene rings is 1. The maximum Gasteiger partial charge on any atom is 0.0931 e. The van der Waals surface area contributed by atoms with E-state index in [1.807, 2.05) is 33.2 Å². The van der Waals surface area contributed by atoms with Gasteiger partial charge >= 0.3 is 0 Å². The zero-order chi connectivity index (χ0) is 12.4. The van der Waals surface area contributed by atoms with Crippen LogP contribution in [0.5, 0.6) is 0 Å². The van der Waals surface area contributed by atoms with Gasteiger partial charge in [0.15, 0.2) is 0 Å². The third kappa shape index (κ3) is 2.48. The molecule has 2 aromatic rings. The van der Waals surface area contributed by atoms with E-state index in [1.54, 1.807) is 6.33 Å². The van der Waals surface area contributed by atoms with E-state index in [2.05, 4.69) is 20.9 Å². The Morgan fingerprint density at radius 2 is 2.18 bits per heavy atom. The standard InChI is InChI=1S/C13H19N3O/c1-9(17)12(16(2)3)7-10-5-4-6-11-13(10)15-8-14-11/h4-6,8-9,12,17H,7H2,1-3H3,(H,14,15). The third-order valence-electron chi connectivity index (χ3n) is 3.18. The molecule has 2 unspecified atom stereocenters. The van der Waals surface area contributed by atoms with E-state index in [0.29, 0.717) is 0 Å². The van der Waals surface area contributed by atoms with E-state index in [1.165, 1.54) is 5.56 Å². The number of nitrogens with zero attached hydrogens (tertiary/aromatic N) is 2. The molecule has 2 N–H and O–H groups in total. The first-order valence-electron chi connectivity index (χ1n) is 5.85. The number of imidazole rings is 1. The Kier molecular flexibility index (Phi) is 3.45. The predicted molar refractivity (Wildman–Crippen MR) is 69.0 cm³/mol. The van der Waals surface area contributed by atoms with E-state index in [0.717, 1.165) is 17.5 Å². The second-order valence-corrected chi connectivity index (χ2v) is 4.69. The molecule has 1 heterocycles. The van der Waals surface area contributed by atoms with Crippen LogP contribution in [0.3, 0.4) is 0 Å². The van der Waals surface area contributed by atoms with Crippen LogP contribution in [0.1, 0.15) is 12.5 Å². The van der Waals surface area contributed by atoms with E-state index < -0.39 is 0 Å². The van der Waals surface area contributed by atoms with E-state index >= 15 is 0 Å². The van der Waals surface area contributed by atoms with Gasteiger partial charge in [0.1, 0.15) is 0 Å². The van der Waals surface area contributed by atoms with Gasteiger partial charge in [0.05, 0.1) is 23.5 Å². The molecule has 0 saturated carbocycles. The molecular formula is C13H19N3O. The minimum atomic E-state index is -0.362. The highest BCUT2D eigenvalue weighted by molar-refractivity contribution is 5.78. The maximum absolute atomic E-state index is 9.80. The summed E-state index contributed by atoms with van der Waals surface area (Å²) in [5.41, 5.74) is 3.22. The van der Waals surface area contributed by atoms with Crippen LogP contribution < -0.4 is 0 Å². The second-order valence-electron chi connectivity index (χ2n) is 4.69. The quantitative estimate of drug-likeness (QED) is 0.839. The van der Waals surface area contributed by atoms with Crippen molar-refractivity contribution in [3.05, 3.63) is 30.1 Å². The van der Waals surface area contributed by atoms with Crippen molar-refractivity contribution in [1.29, 1.82) is 0 Å². The summed E-state index contributed by atoms with van der Waals surface area (Å²) in [5, 5.41) is 9.80. The lowest BCUT2D eigenvalue weighted by Gasteiger charge is -2.27. The lowest BCUT2D eigenvalue weighted by atomic mass is 10.00. The summed E-state index contributed by atoms with van der Waals surface area (Å²) < 4.78 is 0. The fourth-order valence-corrected chi connectivity index (χ4v) is 2.20. The Labute approximate surface area is 101 Å². The summed E-state index contributed by atoms with van der Waals surface area (Å²) in [7, 11) is 3.98. The largest absolute Gasteiger partial charge is 0.392 e. The molecule has 0 amide bonds. The number of aliphatic hydroxyl groups excluding tert-OH is 1. The lowest BCUT2D eigenvalue weighted by molar-refractivity contribution is 0.0906. The summed E-state index contributed by atoms with van der Waals surface area (Å²) in [6.07, 6.45) is 2.15. The highest BCUT2D eigenvalue weighted by Crippen LogP contribution is 2.18. The Balaban J connectivity index is 2.31. The number of rotatable bonds is 4. The molecule has 92 valence electrons. The van der Waals surface area contributed by atoms with Crippen LogP contribution in [-0.4, -0.2) is 46.2 Å². The smallest absolute Gasteiger partial charge is 0.0931 e. The molecule has 0 spiro atoms. The first-order chi connectivity index (χ1) is 8.09. The van der Waals surface area contributed by atoms with Gasteiger partial charge in [0, 0.05) is 6.04 Å². The SMILES string of the molecule is CC(O)C(Cc1cccc2[nH]cnc12)N(C)C. The van der Waals surface area contributed by atoms with Gasteiger partial charge in [-0.3, -0.25) is 0 Å². The van der Waals surface area contributed by atoms with Gasteiger partial charge in [-0.1, -0.05) is 12.1 Å². The van der Waals surface area contributed by atoms with Crippen LogP contribution in [0.4, 0.5) is 0 Å². The number of nitrogens with one attached hydrogen (secondary N) is 1. The van der Waals surface area contributed by atoms with E-state index in [-0.39, 0.29) is 12.1 Å². The Morgan fingerprint density at radius 1 is 1.41 bits per heavy atom. The van der Waals surface area contributed by atoms with Crippen molar-refractivity contribution in [3.63, 3.8) is 0 Å². The summed E-state index contributed by atoms with van der Waals surface area (Å²) in [4.78, 5) is 9.49. The molecule has 17 heavy (non-hydrogen) atoms. The number of aromatic nitrogens is 2. The number of fused-ring (bicyclic) bond motifs is 1. The van der Waals surface area contributed by atoms with Gasteiger partial charge in [-0.25, -0.2) is 4.98 Å². The van der Waals surface area contributed by atoms with Crippen LogP contribution in [0.2, 0.25) is 0 Å². The molecule has 0 radical (unpaired) electrons. The maximum atomic E-state index is 9.80. The molecule has 4 heteroatoms. The van der Waals surface area contributed by atoms with Crippen LogP contribution >= 0.6 is 0 Å². The van der Waals surface area contributed by atoms with Crippen molar-refractivity contribution in [2.24, 2.45) is 0 Å². The van der Waals surface area contributed by atoms with Gasteiger partial charge in [-0.2, -0.15) is 0 Å². The first-order valence-corrected chi connectivity index (χ1v) is 5.85. The third-order valence-corrected chi connectivity index (χ3v) is 3.18. The van der Waals surface area contributed by atoms with Crippen molar-refractivity contribution in [3.8, 4) is 0 Å². The number of hydrogen-bond acceptors (Lipinski definition) is 3. The van der Waals surface area contributed by atoms with Crippen LogP contribution in [0.15, 0.2) is 24.5 Å². The minimum absolute atomic E-state index is 0.109. The highest BCUT2D eigenvalue weighted by Gasteiger charge is 2.19. The van der Waals surface area contributed by atoms with Crippen LogP contribution in [-0.2, 0) is 6.42 Å². The van der Waals surface area contributed by atoms with Crippen molar-refractivity contribution >= 4 is 11.0 Å². The second kappa shape index (κ2) is 4.85. The van der Waals surface area contributed by atoms with Gasteiger partial charge < -0.3 is 15.0 Å². The zero-order valence-electron chi connectivity index (χ0n) is 10.5. The molecule has 2 rings (SSSR count). The van der Waals surface area contributed by atoms with Crippen molar-refractivity contribution in [1.82, 2.24) is 14.9 Å². The Morgan fingerprint density at radius 3 is 2.82 bits per heavy atom. The van der Waals surface area contributed by atoms with Crippen LogP contribution in [0.25, 0.3) is 11.0 Å². The normalized spacial score (nSPS) is 15.4. The average Bonchev–Trinajstić information content (AvgIpc) is 2.73. The number of aliphatic hydroxyl groups is 1. The monoisotopic (exact) mass is 233 g/mol. The number of aromatic amines is 1. The molecule has 1 aromatic heterocycles. The Bertz CT molecular complexity index is 482. The first kappa shape index (κ1) is 12.1. The molecule has 4 nitrogen and oxygen atoms in total. The summed E-state index contributed by atoms with van der Waals surface area (Å²) in [5.74, 6) is 0. The summed E-state index contributed by atoms with van der Waals surface area (Å²) >= 11 is 0. The molecular weight excluding hydrogens is 214 g/mol. The molecule has 0 saturated heterocycles.